The second kappa shape index (κ2) is 12.7. The third kappa shape index (κ3) is 7.86. The number of aliphatic hydroxyl groups excluding tert-OH is 1. The molecule has 1 heterocycles. The lowest BCUT2D eigenvalue weighted by Crippen LogP contribution is -2.32. The van der Waals surface area contributed by atoms with E-state index in [9.17, 15) is 9.90 Å². The highest BCUT2D eigenvalue weighted by Crippen LogP contribution is 2.18. The number of nitrogens with one attached hydrogen (secondary N) is 2. The first-order chi connectivity index (χ1) is 16.4. The molecule has 0 aliphatic heterocycles. The molecule has 0 saturated heterocycles. The molecule has 3 rings (SSSR count). The zero-order valence-electron chi connectivity index (χ0n) is 19.8. The summed E-state index contributed by atoms with van der Waals surface area (Å²) in [5.41, 5.74) is 9.39. The normalized spacial score (nSPS) is 12.7. The highest BCUT2D eigenvalue weighted by Gasteiger charge is 2.12. The third-order valence-corrected chi connectivity index (χ3v) is 5.50. The van der Waals surface area contributed by atoms with Crippen molar-refractivity contribution in [2.45, 2.75) is 45.4 Å². The van der Waals surface area contributed by atoms with Gasteiger partial charge in [-0.2, -0.15) is 0 Å². The van der Waals surface area contributed by atoms with E-state index in [4.69, 9.17) is 10.5 Å². The van der Waals surface area contributed by atoms with Crippen molar-refractivity contribution >= 4 is 11.7 Å². The lowest BCUT2D eigenvalue weighted by molar-refractivity contribution is -0.120. The molecule has 7 heteroatoms. The first-order valence-corrected chi connectivity index (χ1v) is 11.6. The molecule has 180 valence electrons. The molecule has 0 saturated carbocycles. The van der Waals surface area contributed by atoms with Gasteiger partial charge in [0.05, 0.1) is 19.1 Å². The van der Waals surface area contributed by atoms with Gasteiger partial charge in [0.25, 0.3) is 0 Å². The Kier molecular flexibility index (Phi) is 9.43. The molecule has 0 aliphatic carbocycles. The van der Waals surface area contributed by atoms with Crippen LogP contribution < -0.4 is 21.1 Å². The van der Waals surface area contributed by atoms with Crippen molar-refractivity contribution in [3.05, 3.63) is 89.1 Å². The Balaban J connectivity index is 1.47. The lowest BCUT2D eigenvalue weighted by atomic mass is 10.0. The van der Waals surface area contributed by atoms with E-state index >= 15 is 0 Å². The molecular weight excluding hydrogens is 428 g/mol. The third-order valence-electron chi connectivity index (χ3n) is 5.50. The standard InChI is InChI=1S/C27H34N4O3/c1-3-34-25-10-5-4-9-23(25)17-31-27(33)15-21-8-6-7-20(14-21)13-19(2)29-18-24(32)22-11-12-26(28)30-16-22/h4-12,14,16,19,24,29,32H,3,13,15,17-18H2,1-2H3,(H2,28,30)(H,31,33)/t19-,24?/m1/s1. The number of aliphatic hydroxyl groups is 1. The molecule has 3 aromatic rings. The van der Waals surface area contributed by atoms with E-state index < -0.39 is 6.10 Å². The minimum absolute atomic E-state index is 0.0325. The highest BCUT2D eigenvalue weighted by molar-refractivity contribution is 5.78. The predicted octanol–water partition coefficient (Wildman–Crippen LogP) is 3.18. The summed E-state index contributed by atoms with van der Waals surface area (Å²) in [5.74, 6) is 1.20. The molecule has 2 aromatic carbocycles. The first-order valence-electron chi connectivity index (χ1n) is 11.6. The van der Waals surface area contributed by atoms with E-state index in [-0.39, 0.29) is 11.9 Å². The van der Waals surface area contributed by atoms with Crippen molar-refractivity contribution < 1.29 is 14.6 Å². The van der Waals surface area contributed by atoms with Crippen molar-refractivity contribution in [2.24, 2.45) is 0 Å². The predicted molar refractivity (Wildman–Crippen MR) is 134 cm³/mol. The van der Waals surface area contributed by atoms with Gasteiger partial charge >= 0.3 is 0 Å². The highest BCUT2D eigenvalue weighted by atomic mass is 16.5. The second-order valence-corrected chi connectivity index (χ2v) is 8.36. The molecule has 0 radical (unpaired) electrons. The maximum Gasteiger partial charge on any atom is 0.224 e. The number of amides is 1. The number of hydrogen-bond donors (Lipinski definition) is 4. The number of benzene rings is 2. The van der Waals surface area contributed by atoms with Crippen molar-refractivity contribution in [3.63, 3.8) is 0 Å². The van der Waals surface area contributed by atoms with E-state index in [1.165, 1.54) is 0 Å². The number of carbonyl (C=O) groups is 1. The Morgan fingerprint density at radius 3 is 2.68 bits per heavy atom. The fraction of sp³-hybridized carbons (Fsp3) is 0.333. The molecule has 0 fully saturated rings. The van der Waals surface area contributed by atoms with Crippen LogP contribution in [0.3, 0.4) is 0 Å². The van der Waals surface area contributed by atoms with Crippen LogP contribution in [0.15, 0.2) is 66.9 Å². The van der Waals surface area contributed by atoms with Crippen molar-refractivity contribution in [2.75, 3.05) is 18.9 Å². The summed E-state index contributed by atoms with van der Waals surface area (Å²) in [5, 5.41) is 16.7. The number of hydrogen-bond acceptors (Lipinski definition) is 6. The SMILES string of the molecule is CCOc1ccccc1CNC(=O)Cc1cccc(C[C@@H](C)NCC(O)c2ccc(N)nc2)c1. The molecule has 1 amide bonds. The van der Waals surface area contributed by atoms with Crippen LogP contribution in [0.25, 0.3) is 0 Å². The zero-order valence-corrected chi connectivity index (χ0v) is 19.8. The fourth-order valence-corrected chi connectivity index (χ4v) is 3.72. The minimum Gasteiger partial charge on any atom is -0.494 e. The summed E-state index contributed by atoms with van der Waals surface area (Å²) in [6, 6.07) is 19.4. The van der Waals surface area contributed by atoms with E-state index in [1.807, 2.05) is 43.3 Å². The molecule has 7 nitrogen and oxygen atoms in total. The quantitative estimate of drug-likeness (QED) is 0.329. The molecule has 0 spiro atoms. The summed E-state index contributed by atoms with van der Waals surface area (Å²) in [6.07, 6.45) is 2.04. The van der Waals surface area contributed by atoms with Crippen LogP contribution >= 0.6 is 0 Å². The Morgan fingerprint density at radius 1 is 1.12 bits per heavy atom. The molecule has 1 unspecified atom stereocenters. The van der Waals surface area contributed by atoms with Crippen LogP contribution in [0.5, 0.6) is 5.75 Å². The van der Waals surface area contributed by atoms with E-state index in [0.717, 1.165) is 34.4 Å². The van der Waals surface area contributed by atoms with E-state index in [2.05, 4.69) is 34.7 Å². The molecular formula is C27H34N4O3. The number of nitrogens with two attached hydrogens (primary N) is 1. The number of aromatic nitrogens is 1. The number of ether oxygens (including phenoxy) is 1. The van der Waals surface area contributed by atoms with Crippen LogP contribution in [-0.2, 0) is 24.2 Å². The number of pyridine rings is 1. The van der Waals surface area contributed by atoms with Gasteiger partial charge in [0, 0.05) is 36.5 Å². The second-order valence-electron chi connectivity index (χ2n) is 8.36. The molecule has 0 bridgehead atoms. The van der Waals surface area contributed by atoms with E-state index in [0.29, 0.717) is 31.9 Å². The van der Waals surface area contributed by atoms with Gasteiger partial charge in [-0.05, 0) is 43.5 Å². The number of nitrogen functional groups attached to an aromatic ring is 1. The maximum absolute atomic E-state index is 12.5. The number of para-hydroxylation sites is 1. The Labute approximate surface area is 201 Å². The Morgan fingerprint density at radius 2 is 1.91 bits per heavy atom. The average Bonchev–Trinajstić information content (AvgIpc) is 2.83. The van der Waals surface area contributed by atoms with Crippen LogP contribution in [0, 0.1) is 0 Å². The average molecular weight is 463 g/mol. The summed E-state index contributed by atoms with van der Waals surface area (Å²) >= 11 is 0. The number of anilines is 1. The van der Waals surface area contributed by atoms with Gasteiger partial charge in [-0.25, -0.2) is 4.98 Å². The van der Waals surface area contributed by atoms with Gasteiger partial charge in [0.15, 0.2) is 0 Å². The summed E-state index contributed by atoms with van der Waals surface area (Å²) in [6.45, 7) is 5.45. The lowest BCUT2D eigenvalue weighted by Gasteiger charge is -2.18. The van der Waals surface area contributed by atoms with Crippen LogP contribution in [0.2, 0.25) is 0 Å². The number of carbonyl (C=O) groups excluding carboxylic acids is 1. The fourth-order valence-electron chi connectivity index (χ4n) is 3.72. The van der Waals surface area contributed by atoms with Gasteiger partial charge in [0.1, 0.15) is 11.6 Å². The van der Waals surface area contributed by atoms with Crippen LogP contribution in [0.4, 0.5) is 5.82 Å². The van der Waals surface area contributed by atoms with Crippen molar-refractivity contribution in [1.82, 2.24) is 15.6 Å². The number of rotatable bonds is 12. The smallest absolute Gasteiger partial charge is 0.224 e. The van der Waals surface area contributed by atoms with Gasteiger partial charge in [0.2, 0.25) is 5.91 Å². The molecule has 5 N–H and O–H groups in total. The molecule has 34 heavy (non-hydrogen) atoms. The van der Waals surface area contributed by atoms with Gasteiger partial charge in [-0.1, -0.05) is 48.5 Å². The largest absolute Gasteiger partial charge is 0.494 e. The zero-order chi connectivity index (χ0) is 24.3. The maximum atomic E-state index is 12.5. The topological polar surface area (TPSA) is 110 Å². The molecule has 0 aliphatic rings. The molecule has 2 atom stereocenters. The Bertz CT molecular complexity index is 1060. The van der Waals surface area contributed by atoms with Crippen LogP contribution in [0.1, 0.15) is 42.2 Å². The minimum atomic E-state index is -0.654. The Hall–Kier alpha value is -3.42. The van der Waals surface area contributed by atoms with Gasteiger partial charge in [-0.15, -0.1) is 0 Å². The van der Waals surface area contributed by atoms with Crippen molar-refractivity contribution in [1.29, 1.82) is 0 Å². The van der Waals surface area contributed by atoms with Crippen molar-refractivity contribution in [3.8, 4) is 5.75 Å². The summed E-state index contributed by atoms with van der Waals surface area (Å²) in [7, 11) is 0. The summed E-state index contributed by atoms with van der Waals surface area (Å²) < 4.78 is 5.62. The monoisotopic (exact) mass is 462 g/mol. The number of nitrogens with zero attached hydrogens (tertiary/aromatic N) is 1. The molecule has 1 aromatic heterocycles. The first kappa shape index (κ1) is 25.2. The van der Waals surface area contributed by atoms with Gasteiger partial charge in [-0.3, -0.25) is 4.79 Å². The van der Waals surface area contributed by atoms with Gasteiger partial charge < -0.3 is 26.2 Å². The van der Waals surface area contributed by atoms with E-state index in [1.54, 1.807) is 18.3 Å². The van der Waals surface area contributed by atoms with Crippen LogP contribution in [-0.4, -0.2) is 35.2 Å². The summed E-state index contributed by atoms with van der Waals surface area (Å²) in [4.78, 5) is 16.5.